The van der Waals surface area contributed by atoms with Gasteiger partial charge in [-0.25, -0.2) is 0 Å². The highest BCUT2D eigenvalue weighted by Crippen LogP contribution is 2.15. The van der Waals surface area contributed by atoms with Gasteiger partial charge >= 0.3 is 0 Å². The lowest BCUT2D eigenvalue weighted by Crippen LogP contribution is -2.27. The van der Waals surface area contributed by atoms with E-state index in [1.54, 1.807) is 25.2 Å². The Morgan fingerprint density at radius 3 is 2.74 bits per heavy atom. The van der Waals surface area contributed by atoms with Crippen LogP contribution in [0, 0.1) is 0 Å². The number of nitrogens with zero attached hydrogens (tertiary/aromatic N) is 5. The molecule has 0 saturated heterocycles. The lowest BCUT2D eigenvalue weighted by molar-refractivity contribution is 0.0776. The van der Waals surface area contributed by atoms with Crippen LogP contribution in [0.25, 0.3) is 0 Å². The third-order valence-electron chi connectivity index (χ3n) is 2.75. The van der Waals surface area contributed by atoms with Crippen molar-refractivity contribution in [3.8, 4) is 0 Å². The number of carbonyl (C=O) groups is 1. The molecule has 0 aliphatic rings. The van der Waals surface area contributed by atoms with Gasteiger partial charge in [0.15, 0.2) is 5.69 Å². The van der Waals surface area contributed by atoms with Crippen LogP contribution in [0.3, 0.4) is 0 Å². The highest BCUT2D eigenvalue weighted by Gasteiger charge is 2.19. The number of aryl methyl sites for hydroxylation is 2. The number of rotatable bonds is 4. The molecule has 0 bridgehead atoms. The molecule has 0 spiro atoms. The first kappa shape index (κ1) is 13.6. The van der Waals surface area contributed by atoms with Crippen molar-refractivity contribution in [2.45, 2.75) is 20.0 Å². The Hall–Kier alpha value is -1.82. The first-order chi connectivity index (χ1) is 9.01. The fourth-order valence-corrected chi connectivity index (χ4v) is 2.02. The first-order valence-electron chi connectivity index (χ1n) is 5.98. The quantitative estimate of drug-likeness (QED) is 0.855. The van der Waals surface area contributed by atoms with Crippen molar-refractivity contribution in [1.82, 2.24) is 24.5 Å². The van der Waals surface area contributed by atoms with Gasteiger partial charge in [-0.2, -0.15) is 10.2 Å². The maximum Gasteiger partial charge on any atom is 0.276 e. The molecule has 102 valence electrons. The zero-order valence-electron chi connectivity index (χ0n) is 11.2. The fourth-order valence-electron chi connectivity index (χ4n) is 1.76. The molecule has 6 nitrogen and oxygen atoms in total. The summed E-state index contributed by atoms with van der Waals surface area (Å²) in [4.78, 5) is 13.7. The highest BCUT2D eigenvalue weighted by molar-refractivity contribution is 6.33. The number of halogens is 1. The summed E-state index contributed by atoms with van der Waals surface area (Å²) in [5.74, 6) is -0.211. The van der Waals surface area contributed by atoms with Crippen molar-refractivity contribution in [3.63, 3.8) is 0 Å². The summed E-state index contributed by atoms with van der Waals surface area (Å²) in [6, 6.07) is 1.90. The van der Waals surface area contributed by atoms with Gasteiger partial charge in [0, 0.05) is 33.0 Å². The third kappa shape index (κ3) is 2.96. The number of hydrogen-bond donors (Lipinski definition) is 0. The van der Waals surface area contributed by atoms with Gasteiger partial charge < -0.3 is 4.90 Å². The Kier molecular flexibility index (Phi) is 3.90. The molecule has 0 radical (unpaired) electrons. The van der Waals surface area contributed by atoms with Crippen molar-refractivity contribution in [2.75, 3.05) is 7.05 Å². The zero-order valence-corrected chi connectivity index (χ0v) is 11.9. The molecule has 0 aromatic carbocycles. The van der Waals surface area contributed by atoms with Crippen LogP contribution >= 0.6 is 11.6 Å². The largest absolute Gasteiger partial charge is 0.334 e. The van der Waals surface area contributed by atoms with E-state index in [-0.39, 0.29) is 11.6 Å². The monoisotopic (exact) mass is 281 g/mol. The second-order valence-electron chi connectivity index (χ2n) is 4.32. The molecule has 2 rings (SSSR count). The number of hydrogen-bond acceptors (Lipinski definition) is 3. The Morgan fingerprint density at radius 2 is 2.21 bits per heavy atom. The van der Waals surface area contributed by atoms with Crippen LogP contribution in [0.4, 0.5) is 0 Å². The second kappa shape index (κ2) is 5.44. The van der Waals surface area contributed by atoms with Gasteiger partial charge in [0.2, 0.25) is 0 Å². The SMILES string of the molecule is CCn1ccc(CN(C)C(=O)c2nn(C)cc2Cl)n1. The van der Waals surface area contributed by atoms with Crippen molar-refractivity contribution in [3.05, 3.63) is 34.9 Å². The summed E-state index contributed by atoms with van der Waals surface area (Å²) in [5.41, 5.74) is 1.10. The lowest BCUT2D eigenvalue weighted by Gasteiger charge is -2.14. The van der Waals surface area contributed by atoms with E-state index in [0.717, 1.165) is 12.2 Å². The molecule has 0 unspecified atom stereocenters. The molecule has 0 atom stereocenters. The van der Waals surface area contributed by atoms with Crippen molar-refractivity contribution in [2.24, 2.45) is 7.05 Å². The van der Waals surface area contributed by atoms with Gasteiger partial charge in [0.25, 0.3) is 5.91 Å². The van der Waals surface area contributed by atoms with Crippen LogP contribution in [-0.4, -0.2) is 37.4 Å². The van der Waals surface area contributed by atoms with E-state index in [1.807, 2.05) is 23.9 Å². The minimum absolute atomic E-state index is 0.211. The van der Waals surface area contributed by atoms with E-state index in [0.29, 0.717) is 11.6 Å². The Morgan fingerprint density at radius 1 is 1.47 bits per heavy atom. The maximum atomic E-state index is 12.2. The Bertz CT molecular complexity index is 589. The molecule has 0 aliphatic heterocycles. The summed E-state index contributed by atoms with van der Waals surface area (Å²) in [5, 5.41) is 8.76. The van der Waals surface area contributed by atoms with E-state index in [4.69, 9.17) is 11.6 Å². The standard InChI is InChI=1S/C12H16ClN5O/c1-4-18-6-5-9(14-18)7-16(2)12(19)11-10(13)8-17(3)15-11/h5-6,8H,4,7H2,1-3H3. The van der Waals surface area contributed by atoms with E-state index >= 15 is 0 Å². The van der Waals surface area contributed by atoms with Crippen LogP contribution < -0.4 is 0 Å². The Balaban J connectivity index is 2.09. The van der Waals surface area contributed by atoms with Crippen LogP contribution in [-0.2, 0) is 20.1 Å². The van der Waals surface area contributed by atoms with Crippen molar-refractivity contribution >= 4 is 17.5 Å². The topological polar surface area (TPSA) is 56.0 Å². The molecule has 2 aromatic heterocycles. The van der Waals surface area contributed by atoms with Crippen molar-refractivity contribution in [1.29, 1.82) is 0 Å². The van der Waals surface area contributed by atoms with Gasteiger partial charge in [0.1, 0.15) is 0 Å². The summed E-state index contributed by atoms with van der Waals surface area (Å²) in [6.45, 7) is 3.25. The van der Waals surface area contributed by atoms with Crippen LogP contribution in [0.15, 0.2) is 18.5 Å². The minimum Gasteiger partial charge on any atom is -0.334 e. The fraction of sp³-hybridized carbons (Fsp3) is 0.417. The molecular weight excluding hydrogens is 266 g/mol. The average molecular weight is 282 g/mol. The van der Waals surface area contributed by atoms with Crippen LogP contribution in [0.5, 0.6) is 0 Å². The Labute approximate surface area is 116 Å². The number of amides is 1. The van der Waals surface area contributed by atoms with Crippen molar-refractivity contribution < 1.29 is 4.79 Å². The van der Waals surface area contributed by atoms with E-state index in [1.165, 1.54) is 4.68 Å². The number of carbonyl (C=O) groups excluding carboxylic acids is 1. The first-order valence-corrected chi connectivity index (χ1v) is 6.36. The summed E-state index contributed by atoms with van der Waals surface area (Å²) >= 11 is 5.96. The van der Waals surface area contributed by atoms with Gasteiger partial charge in [0.05, 0.1) is 17.3 Å². The molecule has 1 amide bonds. The molecule has 0 saturated carbocycles. The minimum atomic E-state index is -0.211. The predicted octanol–water partition coefficient (Wildman–Crippen LogP) is 1.56. The van der Waals surface area contributed by atoms with E-state index in [2.05, 4.69) is 10.2 Å². The van der Waals surface area contributed by atoms with Crippen LogP contribution in [0.1, 0.15) is 23.1 Å². The van der Waals surface area contributed by atoms with Gasteiger partial charge in [-0.15, -0.1) is 0 Å². The molecule has 0 aliphatic carbocycles. The van der Waals surface area contributed by atoms with E-state index < -0.39 is 0 Å². The zero-order chi connectivity index (χ0) is 14.0. The smallest absolute Gasteiger partial charge is 0.276 e. The molecule has 2 aromatic rings. The summed E-state index contributed by atoms with van der Waals surface area (Å²) in [6.07, 6.45) is 3.50. The van der Waals surface area contributed by atoms with Gasteiger partial charge in [-0.1, -0.05) is 11.6 Å². The molecule has 2 heterocycles. The second-order valence-corrected chi connectivity index (χ2v) is 4.73. The third-order valence-corrected chi connectivity index (χ3v) is 3.03. The van der Waals surface area contributed by atoms with Gasteiger partial charge in [-0.3, -0.25) is 14.2 Å². The molecule has 19 heavy (non-hydrogen) atoms. The molecule has 0 fully saturated rings. The average Bonchev–Trinajstić information content (AvgIpc) is 2.94. The molecular formula is C12H16ClN5O. The summed E-state index contributed by atoms with van der Waals surface area (Å²) < 4.78 is 3.34. The van der Waals surface area contributed by atoms with Crippen LogP contribution in [0.2, 0.25) is 5.02 Å². The predicted molar refractivity (Wildman–Crippen MR) is 71.9 cm³/mol. The van der Waals surface area contributed by atoms with E-state index in [9.17, 15) is 4.79 Å². The number of aromatic nitrogens is 4. The molecule has 0 N–H and O–H groups in total. The lowest BCUT2D eigenvalue weighted by atomic mass is 10.3. The normalized spacial score (nSPS) is 10.7. The highest BCUT2D eigenvalue weighted by atomic mass is 35.5. The molecule has 7 heteroatoms. The van der Waals surface area contributed by atoms with Gasteiger partial charge in [-0.05, 0) is 13.0 Å². The maximum absolute atomic E-state index is 12.2. The summed E-state index contributed by atoms with van der Waals surface area (Å²) in [7, 11) is 3.43.